The second-order valence-corrected chi connectivity index (χ2v) is 10.5. The Morgan fingerprint density at radius 2 is 1.79 bits per heavy atom. The molecule has 1 aliphatic rings. The number of methoxy groups -OCH3 is 3. The molecule has 0 amide bonds. The summed E-state index contributed by atoms with van der Waals surface area (Å²) in [6.45, 7) is 3.68. The minimum absolute atomic E-state index is 0.0731. The SMILES string of the molecule is C#CCOc1ccc2ccccc2c1/C=c1\sc2n(c1=O)[C@H](c1cc(OC)c(OC)c(OC)c1)C(C(=O)OCC)=C(C)N=2. The van der Waals surface area contributed by atoms with Gasteiger partial charge in [-0.05, 0) is 54.5 Å². The lowest BCUT2D eigenvalue weighted by Gasteiger charge is -2.26. The first kappa shape index (κ1) is 29.5. The van der Waals surface area contributed by atoms with Crippen LogP contribution in [0, 0.1) is 12.3 Å². The minimum Gasteiger partial charge on any atom is -0.493 e. The largest absolute Gasteiger partial charge is 0.493 e. The summed E-state index contributed by atoms with van der Waals surface area (Å²) in [6.07, 6.45) is 7.25. The van der Waals surface area contributed by atoms with E-state index in [0.717, 1.165) is 10.8 Å². The summed E-state index contributed by atoms with van der Waals surface area (Å²) in [7, 11) is 4.51. The molecule has 4 aromatic rings. The fraction of sp³-hybridized carbons (Fsp3) is 0.242. The molecule has 0 saturated heterocycles. The first-order valence-corrected chi connectivity index (χ1v) is 14.3. The van der Waals surface area contributed by atoms with Gasteiger partial charge in [0.2, 0.25) is 5.75 Å². The van der Waals surface area contributed by atoms with Crippen LogP contribution in [0.15, 0.2) is 69.6 Å². The monoisotopic (exact) mass is 598 g/mol. The number of thiazole rings is 1. The Hall–Kier alpha value is -5.01. The number of benzene rings is 3. The number of carbonyl (C=O) groups excluding carboxylic acids is 1. The average molecular weight is 599 g/mol. The van der Waals surface area contributed by atoms with Crippen LogP contribution in [-0.4, -0.2) is 45.1 Å². The van der Waals surface area contributed by atoms with E-state index in [4.69, 9.17) is 30.1 Å². The van der Waals surface area contributed by atoms with Crippen LogP contribution in [0.3, 0.4) is 0 Å². The number of hydrogen-bond donors (Lipinski definition) is 0. The molecular formula is C33H30N2O7S. The van der Waals surface area contributed by atoms with E-state index in [1.54, 1.807) is 32.1 Å². The number of terminal acetylenes is 1. The Labute approximate surface area is 252 Å². The van der Waals surface area contributed by atoms with E-state index < -0.39 is 12.0 Å². The molecular weight excluding hydrogens is 568 g/mol. The Balaban J connectivity index is 1.81. The summed E-state index contributed by atoms with van der Waals surface area (Å²) in [6, 6.07) is 14.2. The van der Waals surface area contributed by atoms with E-state index in [-0.39, 0.29) is 24.3 Å². The number of ether oxygens (including phenoxy) is 5. The lowest BCUT2D eigenvalue weighted by molar-refractivity contribution is -0.139. The minimum atomic E-state index is -0.879. The molecule has 1 aromatic heterocycles. The van der Waals surface area contributed by atoms with Gasteiger partial charge in [-0.3, -0.25) is 9.36 Å². The van der Waals surface area contributed by atoms with E-state index in [0.29, 0.717) is 49.2 Å². The number of nitrogens with zero attached hydrogens (tertiary/aromatic N) is 2. The molecule has 43 heavy (non-hydrogen) atoms. The first-order chi connectivity index (χ1) is 20.9. The van der Waals surface area contributed by atoms with Gasteiger partial charge in [-0.25, -0.2) is 9.79 Å². The molecule has 0 fully saturated rings. The van der Waals surface area contributed by atoms with Crippen molar-refractivity contribution in [2.24, 2.45) is 4.99 Å². The third-order valence-electron chi connectivity index (χ3n) is 7.04. The molecule has 9 nitrogen and oxygen atoms in total. The number of rotatable bonds is 9. The normalized spacial score (nSPS) is 14.5. The molecule has 0 spiro atoms. The molecule has 0 unspecified atom stereocenters. The molecule has 0 N–H and O–H groups in total. The molecule has 10 heteroatoms. The van der Waals surface area contributed by atoms with E-state index >= 15 is 0 Å². The van der Waals surface area contributed by atoms with Gasteiger partial charge in [-0.1, -0.05) is 47.6 Å². The van der Waals surface area contributed by atoms with Crippen molar-refractivity contribution in [3.8, 4) is 35.3 Å². The Bertz CT molecular complexity index is 1960. The highest BCUT2D eigenvalue weighted by Gasteiger charge is 2.34. The third kappa shape index (κ3) is 5.35. The molecule has 220 valence electrons. The zero-order valence-electron chi connectivity index (χ0n) is 24.4. The Morgan fingerprint density at radius 3 is 2.44 bits per heavy atom. The van der Waals surface area contributed by atoms with E-state index in [9.17, 15) is 9.59 Å². The van der Waals surface area contributed by atoms with Crippen LogP contribution in [0.1, 0.15) is 31.0 Å². The molecule has 1 atom stereocenters. The van der Waals surface area contributed by atoms with Crippen LogP contribution in [0.4, 0.5) is 0 Å². The van der Waals surface area contributed by atoms with Crippen molar-refractivity contribution >= 4 is 34.2 Å². The average Bonchev–Trinajstić information content (AvgIpc) is 3.32. The number of fused-ring (bicyclic) bond motifs is 2. The van der Waals surface area contributed by atoms with Gasteiger partial charge >= 0.3 is 5.97 Å². The molecule has 0 bridgehead atoms. The van der Waals surface area contributed by atoms with E-state index in [1.165, 1.54) is 37.2 Å². The van der Waals surface area contributed by atoms with Gasteiger partial charge < -0.3 is 23.7 Å². The van der Waals surface area contributed by atoms with Gasteiger partial charge in [0.1, 0.15) is 12.4 Å². The zero-order valence-corrected chi connectivity index (χ0v) is 25.2. The number of hydrogen-bond acceptors (Lipinski definition) is 9. The van der Waals surface area contributed by atoms with Gasteiger partial charge in [-0.15, -0.1) is 6.42 Å². The fourth-order valence-corrected chi connectivity index (χ4v) is 6.20. The highest BCUT2D eigenvalue weighted by molar-refractivity contribution is 7.07. The number of allylic oxidation sites excluding steroid dienone is 1. The van der Waals surface area contributed by atoms with Crippen molar-refractivity contribution in [2.45, 2.75) is 19.9 Å². The zero-order chi connectivity index (χ0) is 30.7. The van der Waals surface area contributed by atoms with Crippen LogP contribution in [0.25, 0.3) is 16.8 Å². The summed E-state index contributed by atoms with van der Waals surface area (Å²) in [5, 5.41) is 1.87. The van der Waals surface area contributed by atoms with Crippen LogP contribution in [0.2, 0.25) is 0 Å². The predicted molar refractivity (Wildman–Crippen MR) is 165 cm³/mol. The van der Waals surface area contributed by atoms with E-state index in [1.807, 2.05) is 36.4 Å². The summed E-state index contributed by atoms with van der Waals surface area (Å²) in [5.74, 6) is 3.61. The molecule has 3 aromatic carbocycles. The first-order valence-electron chi connectivity index (χ1n) is 13.4. The van der Waals surface area contributed by atoms with Crippen molar-refractivity contribution < 1.29 is 28.5 Å². The highest BCUT2D eigenvalue weighted by Crippen LogP contribution is 2.42. The highest BCUT2D eigenvalue weighted by atomic mass is 32.1. The molecule has 5 rings (SSSR count). The Kier molecular flexibility index (Phi) is 8.55. The van der Waals surface area contributed by atoms with Gasteiger partial charge in [-0.2, -0.15) is 0 Å². The number of aromatic nitrogens is 1. The van der Waals surface area contributed by atoms with Gasteiger partial charge in [0.15, 0.2) is 16.3 Å². The van der Waals surface area contributed by atoms with Crippen LogP contribution >= 0.6 is 11.3 Å². The summed E-state index contributed by atoms with van der Waals surface area (Å²) >= 11 is 1.21. The van der Waals surface area contributed by atoms with Crippen molar-refractivity contribution in [2.75, 3.05) is 34.5 Å². The maximum atomic E-state index is 14.3. The van der Waals surface area contributed by atoms with Crippen LogP contribution in [-0.2, 0) is 9.53 Å². The maximum absolute atomic E-state index is 14.3. The summed E-state index contributed by atoms with van der Waals surface area (Å²) in [4.78, 5) is 32.7. The second kappa shape index (κ2) is 12.5. The fourth-order valence-electron chi connectivity index (χ4n) is 5.17. The number of esters is 1. The molecule has 1 aliphatic heterocycles. The lowest BCUT2D eigenvalue weighted by atomic mass is 9.95. The Morgan fingerprint density at radius 1 is 1.07 bits per heavy atom. The molecule has 2 heterocycles. The topological polar surface area (TPSA) is 97.6 Å². The molecule has 0 radical (unpaired) electrons. The van der Waals surface area contributed by atoms with E-state index in [2.05, 4.69) is 10.9 Å². The van der Waals surface area contributed by atoms with Crippen molar-refractivity contribution in [3.63, 3.8) is 0 Å². The van der Waals surface area contributed by atoms with Gasteiger partial charge in [0.25, 0.3) is 5.56 Å². The van der Waals surface area contributed by atoms with Gasteiger partial charge in [0.05, 0.1) is 49.8 Å². The maximum Gasteiger partial charge on any atom is 0.338 e. The molecule has 0 aliphatic carbocycles. The van der Waals surface area contributed by atoms with Crippen molar-refractivity contribution in [3.05, 3.63) is 90.6 Å². The van der Waals surface area contributed by atoms with Crippen molar-refractivity contribution in [1.29, 1.82) is 0 Å². The third-order valence-corrected chi connectivity index (χ3v) is 8.02. The van der Waals surface area contributed by atoms with Crippen LogP contribution < -0.4 is 33.8 Å². The lowest BCUT2D eigenvalue weighted by Crippen LogP contribution is -2.40. The standard InChI is InChI=1S/C33H30N2O7S/c1-7-15-42-24-14-13-20-11-9-10-12-22(20)23(24)18-27-31(36)35-29(21-16-25(38-4)30(40-6)26(17-21)39-5)28(32(37)41-8-2)19(3)34-33(35)43-27/h1,9-14,16-18,29H,8,15H2,2-6H3/b27-18-/t29-/m1/s1. The van der Waals surface area contributed by atoms with Gasteiger partial charge in [0, 0.05) is 5.56 Å². The quantitative estimate of drug-likeness (QED) is 0.212. The summed E-state index contributed by atoms with van der Waals surface area (Å²) < 4.78 is 29.9. The smallest absolute Gasteiger partial charge is 0.338 e. The second-order valence-electron chi connectivity index (χ2n) is 9.45. The predicted octanol–water partition coefficient (Wildman–Crippen LogP) is 3.99. The number of carbonyl (C=O) groups is 1. The van der Waals surface area contributed by atoms with Crippen LogP contribution in [0.5, 0.6) is 23.0 Å². The van der Waals surface area contributed by atoms with Crippen molar-refractivity contribution in [1.82, 2.24) is 4.57 Å². The summed E-state index contributed by atoms with van der Waals surface area (Å²) in [5.41, 5.74) is 1.60. The molecule has 0 saturated carbocycles.